The van der Waals surface area contributed by atoms with Crippen LogP contribution in [0, 0.1) is 5.92 Å². The fourth-order valence-electron chi connectivity index (χ4n) is 4.67. The molecule has 1 aliphatic rings. The highest BCUT2D eigenvalue weighted by atomic mass is 35.5. The van der Waals surface area contributed by atoms with Gasteiger partial charge in [0.1, 0.15) is 5.92 Å². The number of allylic oxidation sites excluding steroid dienone is 1. The Hall–Kier alpha value is -3.65. The maximum atomic E-state index is 13.4. The number of nitrogens with one attached hydrogen (secondary N) is 1. The first-order chi connectivity index (χ1) is 18.3. The van der Waals surface area contributed by atoms with Gasteiger partial charge < -0.3 is 19.5 Å². The largest absolute Gasteiger partial charge is 0.468 e. The molecule has 1 N–H and O–H groups in total. The first-order valence-electron chi connectivity index (χ1n) is 12.6. The van der Waals surface area contributed by atoms with Crippen molar-refractivity contribution < 1.29 is 28.6 Å². The summed E-state index contributed by atoms with van der Waals surface area (Å²) in [6, 6.07) is 16.1. The molecule has 2 aromatic carbocycles. The molecule has 0 bridgehead atoms. The van der Waals surface area contributed by atoms with Gasteiger partial charge in [-0.1, -0.05) is 54.1 Å². The number of alkyl carbamates (subject to hydrolysis) is 1. The molecule has 3 unspecified atom stereocenters. The molecule has 0 aromatic heterocycles. The zero-order valence-electron chi connectivity index (χ0n) is 22.0. The molecule has 0 spiro atoms. The highest BCUT2D eigenvalue weighted by Crippen LogP contribution is 2.42. The number of rotatable bonds is 10. The zero-order chi connectivity index (χ0) is 27.7. The van der Waals surface area contributed by atoms with Crippen molar-refractivity contribution >= 4 is 35.3 Å². The van der Waals surface area contributed by atoms with Crippen LogP contribution in [0.25, 0.3) is 0 Å². The normalized spacial score (nSPS) is 17.8. The number of nitrogens with zero attached hydrogens (tertiary/aromatic N) is 1. The van der Waals surface area contributed by atoms with E-state index in [0.717, 1.165) is 5.56 Å². The number of halogens is 1. The molecule has 202 valence electrons. The van der Waals surface area contributed by atoms with Crippen molar-refractivity contribution in [1.29, 1.82) is 0 Å². The molecule has 38 heavy (non-hydrogen) atoms. The number of carbonyl (C=O) groups is 3. The van der Waals surface area contributed by atoms with Crippen LogP contribution in [-0.4, -0.2) is 44.1 Å². The highest BCUT2D eigenvalue weighted by molar-refractivity contribution is 6.30. The van der Waals surface area contributed by atoms with Crippen molar-refractivity contribution in [3.8, 4) is 0 Å². The number of ether oxygens (including phenoxy) is 3. The molecule has 0 radical (unpaired) electrons. The number of esters is 2. The number of benzene rings is 2. The summed E-state index contributed by atoms with van der Waals surface area (Å²) < 4.78 is 15.6. The molecule has 1 aliphatic heterocycles. The summed E-state index contributed by atoms with van der Waals surface area (Å²) in [6.07, 6.45) is 0.206. The number of carbonyl (C=O) groups excluding carboxylic acids is 3. The lowest BCUT2D eigenvalue weighted by atomic mass is 9.75. The summed E-state index contributed by atoms with van der Waals surface area (Å²) >= 11 is 6.30. The zero-order valence-corrected chi connectivity index (χ0v) is 22.8. The number of methoxy groups -OCH3 is 1. The molecule has 2 aromatic rings. The van der Waals surface area contributed by atoms with Gasteiger partial charge in [0, 0.05) is 16.7 Å². The third kappa shape index (κ3) is 7.01. The van der Waals surface area contributed by atoms with E-state index in [1.165, 1.54) is 7.11 Å². The van der Waals surface area contributed by atoms with E-state index in [9.17, 15) is 14.4 Å². The minimum atomic E-state index is -0.829. The van der Waals surface area contributed by atoms with Crippen LogP contribution < -0.4 is 5.32 Å². The van der Waals surface area contributed by atoms with E-state index in [0.29, 0.717) is 34.8 Å². The monoisotopic (exact) mass is 540 g/mol. The molecule has 0 saturated heterocycles. The second-order valence-electron chi connectivity index (χ2n) is 8.73. The molecule has 0 fully saturated rings. The van der Waals surface area contributed by atoms with Gasteiger partial charge in [0.05, 0.1) is 37.6 Å². The highest BCUT2D eigenvalue weighted by Gasteiger charge is 2.43. The number of aliphatic imine (C=N–C) groups is 1. The van der Waals surface area contributed by atoms with Gasteiger partial charge in [-0.05, 0) is 56.9 Å². The number of hydrogen-bond donors (Lipinski definition) is 1. The van der Waals surface area contributed by atoms with E-state index in [1.807, 2.05) is 36.4 Å². The maximum absolute atomic E-state index is 13.4. The number of hydrogen-bond acceptors (Lipinski definition) is 7. The first kappa shape index (κ1) is 28.9. The maximum Gasteiger partial charge on any atom is 0.407 e. The fraction of sp³-hybridized carbons (Fsp3) is 0.379. The van der Waals surface area contributed by atoms with Crippen molar-refractivity contribution in [2.24, 2.45) is 10.9 Å². The van der Waals surface area contributed by atoms with E-state index < -0.39 is 35.9 Å². The predicted molar refractivity (Wildman–Crippen MR) is 145 cm³/mol. The Kier molecular flexibility index (Phi) is 10.5. The SMILES string of the molecule is CCOC(=O)NC(CCC1=C(C(=O)OCC)C(c2cccc(Cl)c2)C(C(=O)OC)C(C)=N1)c1ccccc1. The molecular formula is C29H33ClN2O6. The number of amides is 1. The van der Waals surface area contributed by atoms with Gasteiger partial charge in [-0.3, -0.25) is 9.79 Å². The minimum Gasteiger partial charge on any atom is -0.468 e. The Morgan fingerprint density at radius 2 is 1.74 bits per heavy atom. The van der Waals surface area contributed by atoms with E-state index >= 15 is 0 Å². The third-order valence-electron chi connectivity index (χ3n) is 6.31. The predicted octanol–water partition coefficient (Wildman–Crippen LogP) is 5.77. The lowest BCUT2D eigenvalue weighted by molar-refractivity contribution is -0.144. The quantitative estimate of drug-likeness (QED) is 0.303. The molecule has 8 nitrogen and oxygen atoms in total. The Balaban J connectivity index is 2.08. The average molecular weight is 541 g/mol. The van der Waals surface area contributed by atoms with E-state index in [2.05, 4.69) is 5.32 Å². The van der Waals surface area contributed by atoms with Crippen LogP contribution in [0.3, 0.4) is 0 Å². The van der Waals surface area contributed by atoms with Gasteiger partial charge in [-0.2, -0.15) is 0 Å². The van der Waals surface area contributed by atoms with E-state index in [1.54, 1.807) is 39.0 Å². The topological polar surface area (TPSA) is 103 Å². The average Bonchev–Trinajstić information content (AvgIpc) is 2.90. The molecule has 1 amide bonds. The second-order valence-corrected chi connectivity index (χ2v) is 9.17. The van der Waals surface area contributed by atoms with Gasteiger partial charge in [-0.15, -0.1) is 0 Å². The van der Waals surface area contributed by atoms with Crippen molar-refractivity contribution in [3.05, 3.63) is 82.0 Å². The van der Waals surface area contributed by atoms with E-state index in [-0.39, 0.29) is 18.8 Å². The van der Waals surface area contributed by atoms with Gasteiger partial charge in [0.15, 0.2) is 0 Å². The smallest absolute Gasteiger partial charge is 0.407 e. The summed E-state index contributed by atoms with van der Waals surface area (Å²) in [5.74, 6) is -2.61. The van der Waals surface area contributed by atoms with Gasteiger partial charge >= 0.3 is 18.0 Å². The molecule has 1 heterocycles. The standard InChI is InChI=1S/C29H33ClN2O6/c1-5-37-28(34)26-23(16-15-22(32-29(35)38-6-2)19-11-8-7-9-12-19)31-18(3)24(27(33)36-4)25(26)20-13-10-14-21(30)17-20/h7-14,17,22,24-25H,5-6,15-16H2,1-4H3,(H,32,35). The van der Waals surface area contributed by atoms with Crippen LogP contribution in [0.2, 0.25) is 5.02 Å². The van der Waals surface area contributed by atoms with Crippen LogP contribution in [0.4, 0.5) is 4.79 Å². The van der Waals surface area contributed by atoms with Crippen LogP contribution in [0.5, 0.6) is 0 Å². The van der Waals surface area contributed by atoms with Crippen LogP contribution in [0.1, 0.15) is 56.7 Å². The van der Waals surface area contributed by atoms with E-state index in [4.69, 9.17) is 30.8 Å². The van der Waals surface area contributed by atoms with Gasteiger partial charge in [0.2, 0.25) is 0 Å². The van der Waals surface area contributed by atoms with Crippen molar-refractivity contribution in [2.45, 2.75) is 45.6 Å². The van der Waals surface area contributed by atoms with Crippen molar-refractivity contribution in [1.82, 2.24) is 5.32 Å². The minimum absolute atomic E-state index is 0.153. The van der Waals surface area contributed by atoms with Crippen LogP contribution in [0.15, 0.2) is 70.9 Å². The summed E-state index contributed by atoms with van der Waals surface area (Å²) in [5.41, 5.74) is 2.83. The van der Waals surface area contributed by atoms with Crippen molar-refractivity contribution in [2.75, 3.05) is 20.3 Å². The summed E-state index contributed by atoms with van der Waals surface area (Å²) in [4.78, 5) is 43.3. The molecule has 9 heteroatoms. The van der Waals surface area contributed by atoms with Crippen LogP contribution >= 0.6 is 11.6 Å². The van der Waals surface area contributed by atoms with Crippen LogP contribution in [-0.2, 0) is 23.8 Å². The van der Waals surface area contributed by atoms with Crippen molar-refractivity contribution in [3.63, 3.8) is 0 Å². The molecule has 3 atom stereocenters. The third-order valence-corrected chi connectivity index (χ3v) is 6.55. The second kappa shape index (κ2) is 13.8. The summed E-state index contributed by atoms with van der Waals surface area (Å²) in [7, 11) is 1.30. The van der Waals surface area contributed by atoms with Gasteiger partial charge in [0.25, 0.3) is 0 Å². The Labute approximate surface area is 228 Å². The molecule has 3 rings (SSSR count). The summed E-state index contributed by atoms with van der Waals surface area (Å²) in [6.45, 7) is 5.59. The fourth-order valence-corrected chi connectivity index (χ4v) is 4.87. The first-order valence-corrected chi connectivity index (χ1v) is 12.9. The Morgan fingerprint density at radius 3 is 2.37 bits per heavy atom. The lowest BCUT2D eigenvalue weighted by Crippen LogP contribution is -2.36. The Morgan fingerprint density at radius 1 is 1.03 bits per heavy atom. The van der Waals surface area contributed by atoms with Gasteiger partial charge in [-0.25, -0.2) is 9.59 Å². The molecule has 0 aliphatic carbocycles. The Bertz CT molecular complexity index is 1210. The molecular weight excluding hydrogens is 508 g/mol. The summed E-state index contributed by atoms with van der Waals surface area (Å²) in [5, 5.41) is 3.37. The lowest BCUT2D eigenvalue weighted by Gasteiger charge is -2.32. The molecule has 0 saturated carbocycles.